The van der Waals surface area contributed by atoms with Crippen LogP contribution < -0.4 is 0 Å². The second-order valence-electron chi connectivity index (χ2n) is 4.93. The maximum atomic E-state index is 12.5. The first-order chi connectivity index (χ1) is 9.50. The minimum atomic E-state index is -3.38. The number of aryl methyl sites for hydroxylation is 1. The van der Waals surface area contributed by atoms with E-state index in [1.54, 1.807) is 12.1 Å². The molecule has 0 saturated carbocycles. The van der Waals surface area contributed by atoms with Gasteiger partial charge in [0, 0.05) is 11.0 Å². The van der Waals surface area contributed by atoms with Crippen molar-refractivity contribution >= 4 is 26.0 Å². The molecule has 104 valence electrons. The van der Waals surface area contributed by atoms with Crippen LogP contribution in [-0.4, -0.2) is 19.3 Å². The van der Waals surface area contributed by atoms with Crippen molar-refractivity contribution in [3.8, 4) is 0 Å². The minimum absolute atomic E-state index is 0.0584. The van der Waals surface area contributed by atoms with Crippen LogP contribution in [0.4, 0.5) is 0 Å². The predicted molar refractivity (Wildman–Crippen MR) is 82.0 cm³/mol. The lowest BCUT2D eigenvalue weighted by atomic mass is 10.2. The van der Waals surface area contributed by atoms with Gasteiger partial charge in [-0.15, -0.1) is 0 Å². The summed E-state index contributed by atoms with van der Waals surface area (Å²) in [5.74, 6) is 0. The average Bonchev–Trinajstić information content (AvgIpc) is 3.20. The monoisotopic (exact) mass is 351 g/mol. The molecular weight excluding hydrogens is 338 g/mol. The van der Waals surface area contributed by atoms with E-state index in [-0.39, 0.29) is 6.04 Å². The normalized spacial score (nSPS) is 21.7. The van der Waals surface area contributed by atoms with Crippen LogP contribution in [0.5, 0.6) is 0 Å². The maximum absolute atomic E-state index is 12.5. The summed E-state index contributed by atoms with van der Waals surface area (Å²) in [7, 11) is -3.38. The fourth-order valence-corrected chi connectivity index (χ4v) is 4.32. The van der Waals surface area contributed by atoms with Gasteiger partial charge in [-0.2, -0.15) is 4.31 Å². The third-order valence-electron chi connectivity index (χ3n) is 3.46. The summed E-state index contributed by atoms with van der Waals surface area (Å²) >= 11 is 3.48. The fourth-order valence-electron chi connectivity index (χ4n) is 2.23. The predicted octanol–water partition coefficient (Wildman–Crippen LogP) is 3.50. The van der Waals surface area contributed by atoms with E-state index in [1.807, 2.05) is 43.3 Å². The minimum Gasteiger partial charge on any atom is -0.207 e. The Morgan fingerprint density at radius 2 is 1.75 bits per heavy atom. The molecule has 0 radical (unpaired) electrons. The molecule has 3 rings (SSSR count). The number of sulfonamides is 1. The van der Waals surface area contributed by atoms with E-state index in [2.05, 4.69) is 15.9 Å². The molecule has 3 nitrogen and oxygen atoms in total. The van der Waals surface area contributed by atoms with Crippen LogP contribution in [0.15, 0.2) is 57.9 Å². The van der Waals surface area contributed by atoms with Crippen molar-refractivity contribution in [1.82, 2.24) is 4.31 Å². The van der Waals surface area contributed by atoms with Crippen LogP contribution in [0.1, 0.15) is 17.2 Å². The van der Waals surface area contributed by atoms with Crippen LogP contribution in [-0.2, 0) is 10.0 Å². The quantitative estimate of drug-likeness (QED) is 0.793. The van der Waals surface area contributed by atoms with Crippen molar-refractivity contribution in [3.05, 3.63) is 64.1 Å². The molecule has 1 fully saturated rings. The Kier molecular flexibility index (Phi) is 3.44. The highest BCUT2D eigenvalue weighted by molar-refractivity contribution is 9.10. The van der Waals surface area contributed by atoms with E-state index in [9.17, 15) is 8.42 Å². The van der Waals surface area contributed by atoms with E-state index in [0.717, 1.165) is 15.6 Å². The molecule has 1 saturated heterocycles. The zero-order valence-electron chi connectivity index (χ0n) is 11.0. The Labute approximate surface area is 127 Å². The molecule has 0 spiro atoms. The topological polar surface area (TPSA) is 37.1 Å². The Balaban J connectivity index is 1.89. The van der Waals surface area contributed by atoms with Crippen LogP contribution >= 0.6 is 15.9 Å². The first-order valence-corrected chi connectivity index (χ1v) is 8.56. The first kappa shape index (κ1) is 13.8. The average molecular weight is 352 g/mol. The zero-order valence-corrected chi connectivity index (χ0v) is 13.4. The molecule has 2 aromatic rings. The van der Waals surface area contributed by atoms with E-state index >= 15 is 0 Å². The Hall–Kier alpha value is -1.17. The van der Waals surface area contributed by atoms with E-state index in [1.165, 1.54) is 4.31 Å². The highest BCUT2D eigenvalue weighted by atomic mass is 79.9. The molecule has 1 heterocycles. The molecular formula is C15H14BrNO2S. The molecule has 2 atom stereocenters. The van der Waals surface area contributed by atoms with Crippen molar-refractivity contribution in [2.75, 3.05) is 6.54 Å². The summed E-state index contributed by atoms with van der Waals surface area (Å²) in [5.41, 5.74) is 2.07. The summed E-state index contributed by atoms with van der Waals surface area (Å²) in [6, 6.07) is 14.7. The van der Waals surface area contributed by atoms with Gasteiger partial charge in [0.2, 0.25) is 10.0 Å². The van der Waals surface area contributed by atoms with E-state index < -0.39 is 10.0 Å². The SMILES string of the molecule is Cc1ccc(S(=O)(=O)N2C[C@H]2c2ccccc2Br)cc1. The van der Waals surface area contributed by atoms with Crippen molar-refractivity contribution < 1.29 is 8.42 Å². The summed E-state index contributed by atoms with van der Waals surface area (Å²) in [6.07, 6.45) is 0. The highest BCUT2D eigenvalue weighted by Gasteiger charge is 2.46. The van der Waals surface area contributed by atoms with Gasteiger partial charge >= 0.3 is 0 Å². The molecule has 0 amide bonds. The lowest BCUT2D eigenvalue weighted by Gasteiger charge is -2.08. The number of hydrogen-bond donors (Lipinski definition) is 0. The molecule has 0 N–H and O–H groups in total. The molecule has 20 heavy (non-hydrogen) atoms. The van der Waals surface area contributed by atoms with Crippen LogP contribution in [0.2, 0.25) is 0 Å². The van der Waals surface area contributed by atoms with Crippen LogP contribution in [0.25, 0.3) is 0 Å². The zero-order chi connectivity index (χ0) is 14.3. The standard InChI is InChI=1S/C15H14BrNO2S/c1-11-6-8-12(9-7-11)20(18,19)17-10-15(17)13-4-2-3-5-14(13)16/h2-9,15H,10H2,1H3/t15-,17?/m0/s1. The van der Waals surface area contributed by atoms with Gasteiger partial charge in [0.05, 0.1) is 10.9 Å². The van der Waals surface area contributed by atoms with Crippen molar-refractivity contribution in [1.29, 1.82) is 0 Å². The summed E-state index contributed by atoms with van der Waals surface area (Å²) in [6.45, 7) is 2.48. The summed E-state index contributed by atoms with van der Waals surface area (Å²) in [4.78, 5) is 0.359. The van der Waals surface area contributed by atoms with Gasteiger partial charge in [0.1, 0.15) is 0 Å². The maximum Gasteiger partial charge on any atom is 0.243 e. The number of benzene rings is 2. The molecule has 0 aliphatic carbocycles. The smallest absolute Gasteiger partial charge is 0.207 e. The molecule has 1 aliphatic rings. The molecule has 0 bridgehead atoms. The van der Waals surface area contributed by atoms with Gasteiger partial charge in [-0.05, 0) is 30.7 Å². The fraction of sp³-hybridized carbons (Fsp3) is 0.200. The van der Waals surface area contributed by atoms with Crippen molar-refractivity contribution in [2.45, 2.75) is 17.9 Å². The second-order valence-corrected chi connectivity index (χ2v) is 7.67. The van der Waals surface area contributed by atoms with E-state index in [4.69, 9.17) is 0 Å². The van der Waals surface area contributed by atoms with Gasteiger partial charge in [0.25, 0.3) is 0 Å². The molecule has 1 unspecified atom stereocenters. The van der Waals surface area contributed by atoms with Crippen molar-refractivity contribution in [3.63, 3.8) is 0 Å². The summed E-state index contributed by atoms with van der Waals surface area (Å²) in [5, 5.41) is 0. The molecule has 2 aromatic carbocycles. The Morgan fingerprint density at radius 1 is 1.10 bits per heavy atom. The van der Waals surface area contributed by atoms with Crippen LogP contribution in [0.3, 0.4) is 0 Å². The molecule has 0 aromatic heterocycles. The summed E-state index contributed by atoms with van der Waals surface area (Å²) < 4.78 is 27.5. The highest BCUT2D eigenvalue weighted by Crippen LogP contribution is 2.42. The van der Waals surface area contributed by atoms with Gasteiger partial charge in [-0.1, -0.05) is 51.8 Å². The third kappa shape index (κ3) is 2.41. The number of hydrogen-bond acceptors (Lipinski definition) is 2. The van der Waals surface area contributed by atoms with Crippen molar-refractivity contribution in [2.24, 2.45) is 0 Å². The van der Waals surface area contributed by atoms with Gasteiger partial charge in [-0.3, -0.25) is 0 Å². The largest absolute Gasteiger partial charge is 0.243 e. The Bertz CT molecular complexity index is 741. The molecule has 1 aliphatic heterocycles. The lowest BCUT2D eigenvalue weighted by molar-refractivity contribution is 0.554. The van der Waals surface area contributed by atoms with Crippen LogP contribution in [0, 0.1) is 6.92 Å². The van der Waals surface area contributed by atoms with Gasteiger partial charge < -0.3 is 0 Å². The lowest BCUT2D eigenvalue weighted by Crippen LogP contribution is -2.12. The number of nitrogens with zero attached hydrogens (tertiary/aromatic N) is 1. The van der Waals surface area contributed by atoms with Gasteiger partial charge in [-0.25, -0.2) is 8.42 Å². The third-order valence-corrected chi connectivity index (χ3v) is 6.07. The van der Waals surface area contributed by atoms with Gasteiger partial charge in [0.15, 0.2) is 0 Å². The van der Waals surface area contributed by atoms with E-state index in [0.29, 0.717) is 11.4 Å². The number of rotatable bonds is 3. The second kappa shape index (κ2) is 4.98. The number of halogens is 1. The first-order valence-electron chi connectivity index (χ1n) is 6.33. The Morgan fingerprint density at radius 3 is 2.40 bits per heavy atom. The molecule has 5 heteroatoms.